The van der Waals surface area contributed by atoms with Gasteiger partial charge in [-0.3, -0.25) is 0 Å². The van der Waals surface area contributed by atoms with Crippen molar-refractivity contribution in [3.63, 3.8) is 0 Å². The average molecular weight is 806 g/mol. The Hall–Kier alpha value is -7.48. The van der Waals surface area contributed by atoms with E-state index in [2.05, 4.69) is 245 Å². The second-order valence-corrected chi connectivity index (χ2v) is 18.5. The molecule has 0 N–H and O–H groups in total. The second-order valence-electron chi connectivity index (χ2n) is 18.5. The smallest absolute Gasteiger partial charge is 0.0619 e. The normalized spacial score (nSPS) is 14.0. The van der Waals surface area contributed by atoms with E-state index in [9.17, 15) is 0 Å². The fraction of sp³-hybridized carbons (Fsp3) is 0.0968. The number of rotatable bonds is 6. The first-order valence-electron chi connectivity index (χ1n) is 22.3. The number of nitrogens with zero attached hydrogens (tertiary/aromatic N) is 1. The third kappa shape index (κ3) is 5.69. The minimum Gasteiger partial charge on any atom is -0.309 e. The highest BCUT2D eigenvalue weighted by atomic mass is 15.2. The Kier molecular flexibility index (Phi) is 8.30. The summed E-state index contributed by atoms with van der Waals surface area (Å²) in [6.45, 7) is 9.55. The fourth-order valence-corrected chi connectivity index (χ4v) is 11.1. The van der Waals surface area contributed by atoms with Gasteiger partial charge < -0.3 is 4.90 Å². The molecular formula is C62H47N. The van der Waals surface area contributed by atoms with Gasteiger partial charge in [0.2, 0.25) is 0 Å². The summed E-state index contributed by atoms with van der Waals surface area (Å²) >= 11 is 0. The zero-order chi connectivity index (χ0) is 42.5. The van der Waals surface area contributed by atoms with Crippen molar-refractivity contribution in [1.82, 2.24) is 0 Å². The van der Waals surface area contributed by atoms with Gasteiger partial charge in [0.05, 0.1) is 11.4 Å². The molecule has 0 radical (unpaired) electrons. The van der Waals surface area contributed by atoms with Crippen molar-refractivity contribution in [2.75, 3.05) is 4.90 Å². The molecule has 0 spiro atoms. The van der Waals surface area contributed by atoms with Crippen LogP contribution in [0, 0.1) is 0 Å². The lowest BCUT2D eigenvalue weighted by Crippen LogP contribution is -2.18. The molecule has 300 valence electrons. The predicted octanol–water partition coefficient (Wildman–Crippen LogP) is 17.1. The average Bonchev–Trinajstić information content (AvgIpc) is 3.71. The van der Waals surface area contributed by atoms with Crippen LogP contribution in [0.2, 0.25) is 0 Å². The Balaban J connectivity index is 1.24. The van der Waals surface area contributed by atoms with Crippen LogP contribution in [0.3, 0.4) is 0 Å². The molecule has 0 saturated heterocycles. The van der Waals surface area contributed by atoms with Gasteiger partial charge in [0.25, 0.3) is 0 Å². The summed E-state index contributed by atoms with van der Waals surface area (Å²) in [5, 5.41) is 4.93. The topological polar surface area (TPSA) is 3.24 Å². The van der Waals surface area contributed by atoms with E-state index in [1.54, 1.807) is 0 Å². The SMILES string of the molecule is CC1(C)c2ccccc2-c2ccc(N(c3cccc4c3-c3ccccc3C4(C)C)c3c(-c4ccccc4)cc(-c4cccc5ccccc45)cc3-c3ccc4ccccc4c3)cc21. The first-order valence-corrected chi connectivity index (χ1v) is 22.3. The van der Waals surface area contributed by atoms with Crippen LogP contribution in [0.15, 0.2) is 212 Å². The molecule has 10 aromatic carbocycles. The molecule has 1 heteroatoms. The van der Waals surface area contributed by atoms with Gasteiger partial charge in [-0.05, 0) is 119 Å². The lowest BCUT2D eigenvalue weighted by atomic mass is 9.82. The molecule has 0 saturated carbocycles. The van der Waals surface area contributed by atoms with Crippen molar-refractivity contribution in [1.29, 1.82) is 0 Å². The van der Waals surface area contributed by atoms with Crippen molar-refractivity contribution in [2.45, 2.75) is 38.5 Å². The van der Waals surface area contributed by atoms with E-state index in [0.29, 0.717) is 0 Å². The van der Waals surface area contributed by atoms with Gasteiger partial charge in [-0.15, -0.1) is 0 Å². The van der Waals surface area contributed by atoms with Crippen molar-refractivity contribution in [3.05, 3.63) is 235 Å². The Bertz CT molecular complexity index is 3450. The summed E-state index contributed by atoms with van der Waals surface area (Å²) in [7, 11) is 0. The van der Waals surface area contributed by atoms with Crippen LogP contribution in [0.4, 0.5) is 17.1 Å². The van der Waals surface area contributed by atoms with Crippen LogP contribution in [-0.4, -0.2) is 0 Å². The van der Waals surface area contributed by atoms with Crippen molar-refractivity contribution >= 4 is 38.6 Å². The summed E-state index contributed by atoms with van der Waals surface area (Å²) in [5.41, 5.74) is 20.9. The van der Waals surface area contributed by atoms with Crippen molar-refractivity contribution in [2.24, 2.45) is 0 Å². The highest BCUT2D eigenvalue weighted by Crippen LogP contribution is 2.58. The van der Waals surface area contributed by atoms with Crippen LogP contribution in [0.5, 0.6) is 0 Å². The maximum atomic E-state index is 2.62. The maximum absolute atomic E-state index is 2.62. The molecule has 0 fully saturated rings. The third-order valence-electron chi connectivity index (χ3n) is 14.2. The largest absolute Gasteiger partial charge is 0.309 e. The number of anilines is 3. The maximum Gasteiger partial charge on any atom is 0.0619 e. The lowest BCUT2D eigenvalue weighted by molar-refractivity contribution is 0.660. The monoisotopic (exact) mass is 805 g/mol. The van der Waals surface area contributed by atoms with Crippen LogP contribution >= 0.6 is 0 Å². The highest BCUT2D eigenvalue weighted by molar-refractivity contribution is 6.07. The summed E-state index contributed by atoms with van der Waals surface area (Å²) in [5.74, 6) is 0. The van der Waals surface area contributed by atoms with Gasteiger partial charge >= 0.3 is 0 Å². The zero-order valence-corrected chi connectivity index (χ0v) is 36.2. The predicted molar refractivity (Wildman–Crippen MR) is 268 cm³/mol. The van der Waals surface area contributed by atoms with Crippen molar-refractivity contribution in [3.8, 4) is 55.6 Å². The molecule has 0 aliphatic heterocycles. The second kappa shape index (κ2) is 14.0. The highest BCUT2D eigenvalue weighted by Gasteiger charge is 2.40. The lowest BCUT2D eigenvalue weighted by Gasteiger charge is -2.34. The summed E-state index contributed by atoms with van der Waals surface area (Å²) in [4.78, 5) is 2.62. The molecular weight excluding hydrogens is 759 g/mol. The molecule has 0 heterocycles. The fourth-order valence-electron chi connectivity index (χ4n) is 11.1. The molecule has 0 bridgehead atoms. The van der Waals surface area contributed by atoms with E-state index in [-0.39, 0.29) is 10.8 Å². The van der Waals surface area contributed by atoms with E-state index in [4.69, 9.17) is 0 Å². The van der Waals surface area contributed by atoms with Gasteiger partial charge in [-0.1, -0.05) is 204 Å². The molecule has 12 rings (SSSR count). The minimum atomic E-state index is -0.178. The van der Waals surface area contributed by atoms with E-state index in [1.807, 2.05) is 0 Å². The standard InChI is InChI=1S/C62H47N/c1-61(2)55-29-15-13-26-51(55)59-56(61)30-17-31-58(59)63(46-34-35-50-49-25-12-14-28-54(49)62(3,4)57(50)39-46)60-52(42-19-6-5-7-20-42)37-45(48-27-16-23-41-21-10-11-24-47(41)48)38-53(60)44-33-32-40-18-8-9-22-43(40)36-44/h5-39H,1-4H3. The molecule has 1 nitrogen and oxygen atoms in total. The number of benzene rings is 10. The van der Waals surface area contributed by atoms with E-state index >= 15 is 0 Å². The molecule has 63 heavy (non-hydrogen) atoms. The van der Waals surface area contributed by atoms with Crippen LogP contribution in [0.1, 0.15) is 49.9 Å². The molecule has 2 aliphatic carbocycles. The van der Waals surface area contributed by atoms with E-state index in [1.165, 1.54) is 105 Å². The molecule has 0 unspecified atom stereocenters. The van der Waals surface area contributed by atoms with Crippen LogP contribution in [-0.2, 0) is 10.8 Å². The van der Waals surface area contributed by atoms with Gasteiger partial charge in [-0.25, -0.2) is 0 Å². The van der Waals surface area contributed by atoms with Gasteiger partial charge in [-0.2, -0.15) is 0 Å². The Morgan fingerprint density at radius 1 is 0.317 bits per heavy atom. The minimum absolute atomic E-state index is 0.170. The molecule has 0 aromatic heterocycles. The third-order valence-corrected chi connectivity index (χ3v) is 14.2. The molecule has 0 atom stereocenters. The van der Waals surface area contributed by atoms with Crippen LogP contribution in [0.25, 0.3) is 77.2 Å². The number of hydrogen-bond donors (Lipinski definition) is 0. The quantitative estimate of drug-likeness (QED) is 0.162. The first-order chi connectivity index (χ1) is 30.8. The van der Waals surface area contributed by atoms with Crippen LogP contribution < -0.4 is 4.90 Å². The Morgan fingerprint density at radius 3 is 1.70 bits per heavy atom. The van der Waals surface area contributed by atoms with Gasteiger partial charge in [0.15, 0.2) is 0 Å². The van der Waals surface area contributed by atoms with Gasteiger partial charge in [0, 0.05) is 33.2 Å². The zero-order valence-electron chi connectivity index (χ0n) is 36.2. The van der Waals surface area contributed by atoms with E-state index < -0.39 is 0 Å². The number of fused-ring (bicyclic) bond motifs is 8. The van der Waals surface area contributed by atoms with E-state index in [0.717, 1.165) is 11.4 Å². The molecule has 10 aromatic rings. The Labute approximate surface area is 370 Å². The first kappa shape index (κ1) is 37.3. The molecule has 2 aliphatic rings. The Morgan fingerprint density at radius 2 is 0.889 bits per heavy atom. The summed E-state index contributed by atoms with van der Waals surface area (Å²) < 4.78 is 0. The van der Waals surface area contributed by atoms with Crippen molar-refractivity contribution < 1.29 is 0 Å². The summed E-state index contributed by atoms with van der Waals surface area (Å²) in [6, 6.07) is 79.5. The summed E-state index contributed by atoms with van der Waals surface area (Å²) in [6.07, 6.45) is 0. The number of hydrogen-bond acceptors (Lipinski definition) is 1. The van der Waals surface area contributed by atoms with Gasteiger partial charge in [0.1, 0.15) is 0 Å². The molecule has 0 amide bonds.